The fourth-order valence-electron chi connectivity index (χ4n) is 1.29. The molecule has 0 aliphatic heterocycles. The van der Waals surface area contributed by atoms with Crippen molar-refractivity contribution in [2.45, 2.75) is 4.90 Å². The molecule has 2 heteroatoms. The fourth-order valence-corrected chi connectivity index (χ4v) is 1.50. The second-order valence-electron chi connectivity index (χ2n) is 3.28. The van der Waals surface area contributed by atoms with E-state index in [2.05, 4.69) is 24.5 Å². The average molecular weight is 228 g/mol. The fraction of sp³-hybridized carbons (Fsp3) is 0. The summed E-state index contributed by atoms with van der Waals surface area (Å²) in [5, 5.41) is 0. The standard InChI is InChI=1S/C14H9FS/c15-13-6-3-4-11(10-13)8-9-12-5-1-2-7-14(12)16/h1-7,10,16H. The topological polar surface area (TPSA) is 0 Å². The largest absolute Gasteiger partial charge is 0.207 e. The second kappa shape index (κ2) is 4.87. The van der Waals surface area contributed by atoms with Gasteiger partial charge in [0.1, 0.15) is 5.82 Å². The van der Waals surface area contributed by atoms with Crippen molar-refractivity contribution in [3.63, 3.8) is 0 Å². The van der Waals surface area contributed by atoms with Crippen molar-refractivity contribution in [1.82, 2.24) is 0 Å². The van der Waals surface area contributed by atoms with Crippen LogP contribution in [0.4, 0.5) is 4.39 Å². The van der Waals surface area contributed by atoms with Crippen LogP contribution in [0.1, 0.15) is 11.1 Å². The van der Waals surface area contributed by atoms with Crippen LogP contribution >= 0.6 is 12.6 Å². The summed E-state index contributed by atoms with van der Waals surface area (Å²) >= 11 is 4.29. The molecule has 0 heterocycles. The smallest absolute Gasteiger partial charge is 0.124 e. The van der Waals surface area contributed by atoms with Gasteiger partial charge >= 0.3 is 0 Å². The third-order valence-corrected chi connectivity index (χ3v) is 2.46. The molecule has 0 aliphatic rings. The van der Waals surface area contributed by atoms with E-state index in [1.54, 1.807) is 12.1 Å². The minimum Gasteiger partial charge on any atom is -0.207 e. The van der Waals surface area contributed by atoms with Crippen LogP contribution in [0.3, 0.4) is 0 Å². The van der Waals surface area contributed by atoms with Crippen LogP contribution in [-0.4, -0.2) is 0 Å². The molecule has 78 valence electrons. The molecular formula is C14H9FS. The van der Waals surface area contributed by atoms with E-state index in [-0.39, 0.29) is 5.82 Å². The number of thiol groups is 1. The van der Waals surface area contributed by atoms with Crippen LogP contribution in [0.2, 0.25) is 0 Å². The molecule has 0 bridgehead atoms. The summed E-state index contributed by atoms with van der Waals surface area (Å²) in [6, 6.07) is 13.8. The van der Waals surface area contributed by atoms with Crippen molar-refractivity contribution < 1.29 is 4.39 Å². The molecule has 0 atom stereocenters. The highest BCUT2D eigenvalue weighted by atomic mass is 32.1. The summed E-state index contributed by atoms with van der Waals surface area (Å²) in [5.74, 6) is 5.59. The van der Waals surface area contributed by atoms with Gasteiger partial charge in [-0.25, -0.2) is 4.39 Å². The van der Waals surface area contributed by atoms with Crippen molar-refractivity contribution in [2.24, 2.45) is 0 Å². The highest BCUT2D eigenvalue weighted by Crippen LogP contribution is 2.11. The first-order valence-corrected chi connectivity index (χ1v) is 5.26. The molecule has 2 aromatic rings. The highest BCUT2D eigenvalue weighted by molar-refractivity contribution is 7.80. The van der Waals surface area contributed by atoms with E-state index in [0.717, 1.165) is 10.5 Å². The second-order valence-corrected chi connectivity index (χ2v) is 3.76. The van der Waals surface area contributed by atoms with Gasteiger partial charge in [0.05, 0.1) is 0 Å². The monoisotopic (exact) mass is 228 g/mol. The number of hydrogen-bond donors (Lipinski definition) is 1. The Labute approximate surface area is 99.5 Å². The number of rotatable bonds is 0. The molecular weight excluding hydrogens is 219 g/mol. The number of halogens is 1. The Hall–Kier alpha value is -1.72. The minimum absolute atomic E-state index is 0.272. The van der Waals surface area contributed by atoms with Crippen molar-refractivity contribution in [3.05, 3.63) is 65.5 Å². The van der Waals surface area contributed by atoms with E-state index in [9.17, 15) is 4.39 Å². The first-order valence-electron chi connectivity index (χ1n) is 4.81. The summed E-state index contributed by atoms with van der Waals surface area (Å²) in [4.78, 5) is 0.825. The SMILES string of the molecule is Fc1cccc(C#Cc2ccccc2S)c1. The summed E-state index contributed by atoms with van der Waals surface area (Å²) < 4.78 is 12.9. The van der Waals surface area contributed by atoms with Crippen molar-refractivity contribution in [3.8, 4) is 11.8 Å². The van der Waals surface area contributed by atoms with Crippen LogP contribution in [0, 0.1) is 17.7 Å². The summed E-state index contributed by atoms with van der Waals surface area (Å²) in [7, 11) is 0. The lowest BCUT2D eigenvalue weighted by atomic mass is 10.2. The molecule has 0 saturated carbocycles. The Morgan fingerprint density at radius 3 is 2.50 bits per heavy atom. The van der Waals surface area contributed by atoms with Crippen LogP contribution in [0.15, 0.2) is 53.4 Å². The molecule has 0 saturated heterocycles. The van der Waals surface area contributed by atoms with Crippen molar-refractivity contribution >= 4 is 12.6 Å². The van der Waals surface area contributed by atoms with E-state index in [4.69, 9.17) is 0 Å². The van der Waals surface area contributed by atoms with Gasteiger partial charge in [-0.15, -0.1) is 12.6 Å². The maximum absolute atomic E-state index is 12.9. The Morgan fingerprint density at radius 2 is 1.75 bits per heavy atom. The predicted octanol–water partition coefficient (Wildman–Crippen LogP) is 3.51. The van der Waals surface area contributed by atoms with Gasteiger partial charge in [0.15, 0.2) is 0 Å². The van der Waals surface area contributed by atoms with Gasteiger partial charge in [-0.2, -0.15) is 0 Å². The van der Waals surface area contributed by atoms with Crippen molar-refractivity contribution in [2.75, 3.05) is 0 Å². The zero-order valence-electron chi connectivity index (χ0n) is 8.44. The summed E-state index contributed by atoms with van der Waals surface area (Å²) in [6.45, 7) is 0. The first kappa shape index (κ1) is 10.8. The first-order chi connectivity index (χ1) is 7.75. The quantitative estimate of drug-likeness (QED) is 0.517. The maximum atomic E-state index is 12.9. The van der Waals surface area contributed by atoms with Crippen LogP contribution in [0.5, 0.6) is 0 Å². The Morgan fingerprint density at radius 1 is 0.938 bits per heavy atom. The Bertz CT molecular complexity index is 564. The molecule has 0 fully saturated rings. The average Bonchev–Trinajstić information content (AvgIpc) is 2.28. The van der Waals surface area contributed by atoms with Gasteiger partial charge in [-0.1, -0.05) is 30.0 Å². The third kappa shape index (κ3) is 2.65. The Balaban J connectivity index is 2.32. The molecule has 0 nitrogen and oxygen atoms in total. The molecule has 0 spiro atoms. The molecule has 2 rings (SSSR count). The molecule has 0 N–H and O–H groups in total. The van der Waals surface area contributed by atoms with Crippen LogP contribution < -0.4 is 0 Å². The Kier molecular flexibility index (Phi) is 3.28. The lowest BCUT2D eigenvalue weighted by molar-refractivity contribution is 0.627. The van der Waals surface area contributed by atoms with Crippen LogP contribution in [-0.2, 0) is 0 Å². The molecule has 0 aromatic heterocycles. The van der Waals surface area contributed by atoms with E-state index in [1.807, 2.05) is 24.3 Å². The zero-order valence-corrected chi connectivity index (χ0v) is 9.34. The van der Waals surface area contributed by atoms with Gasteiger partial charge in [0.25, 0.3) is 0 Å². The molecule has 16 heavy (non-hydrogen) atoms. The normalized spacial score (nSPS) is 9.38. The maximum Gasteiger partial charge on any atom is 0.124 e. The highest BCUT2D eigenvalue weighted by Gasteiger charge is 1.93. The van der Waals surface area contributed by atoms with Crippen molar-refractivity contribution in [1.29, 1.82) is 0 Å². The lowest BCUT2D eigenvalue weighted by Crippen LogP contribution is -1.79. The third-order valence-electron chi connectivity index (χ3n) is 2.07. The van der Waals surface area contributed by atoms with Gasteiger partial charge < -0.3 is 0 Å². The zero-order chi connectivity index (χ0) is 11.4. The van der Waals surface area contributed by atoms with E-state index < -0.39 is 0 Å². The molecule has 2 aromatic carbocycles. The van der Waals surface area contributed by atoms with Crippen LogP contribution in [0.25, 0.3) is 0 Å². The summed E-state index contributed by atoms with van der Waals surface area (Å²) in [5.41, 5.74) is 1.51. The lowest BCUT2D eigenvalue weighted by Gasteiger charge is -1.94. The van der Waals surface area contributed by atoms with Gasteiger partial charge in [-0.3, -0.25) is 0 Å². The summed E-state index contributed by atoms with van der Waals surface area (Å²) in [6.07, 6.45) is 0. The number of benzene rings is 2. The molecule has 0 radical (unpaired) electrons. The van der Waals surface area contributed by atoms with Gasteiger partial charge in [-0.05, 0) is 30.3 Å². The predicted molar refractivity (Wildman–Crippen MR) is 66.1 cm³/mol. The van der Waals surface area contributed by atoms with E-state index >= 15 is 0 Å². The number of hydrogen-bond acceptors (Lipinski definition) is 1. The molecule has 0 unspecified atom stereocenters. The molecule has 0 aliphatic carbocycles. The molecule has 0 amide bonds. The van der Waals surface area contributed by atoms with Gasteiger partial charge in [0.2, 0.25) is 0 Å². The van der Waals surface area contributed by atoms with E-state index in [0.29, 0.717) is 5.56 Å². The van der Waals surface area contributed by atoms with E-state index in [1.165, 1.54) is 12.1 Å². The van der Waals surface area contributed by atoms with Gasteiger partial charge in [0, 0.05) is 16.0 Å². The minimum atomic E-state index is -0.272.